The van der Waals surface area contributed by atoms with Gasteiger partial charge in [0.2, 0.25) is 5.91 Å². The average Bonchev–Trinajstić information content (AvgIpc) is 2.76. The lowest BCUT2D eigenvalue weighted by Crippen LogP contribution is -2.31. The maximum atomic E-state index is 12.9. The molecule has 1 aliphatic rings. The van der Waals surface area contributed by atoms with Crippen molar-refractivity contribution in [3.63, 3.8) is 0 Å². The fourth-order valence-corrected chi connectivity index (χ4v) is 5.26. The molecule has 160 valence electrons. The molecule has 0 fully saturated rings. The first-order chi connectivity index (χ1) is 14.8. The van der Waals surface area contributed by atoms with Crippen LogP contribution in [0, 0.1) is 6.92 Å². The van der Waals surface area contributed by atoms with E-state index in [0.717, 1.165) is 23.2 Å². The van der Waals surface area contributed by atoms with Crippen LogP contribution in [0.1, 0.15) is 18.1 Å². The van der Waals surface area contributed by atoms with Gasteiger partial charge < -0.3 is 5.32 Å². The number of sulfonamides is 1. The highest BCUT2D eigenvalue weighted by Gasteiger charge is 2.34. The van der Waals surface area contributed by atoms with E-state index in [1.807, 2.05) is 43.3 Å². The third-order valence-corrected chi connectivity index (χ3v) is 7.73. The molecule has 4 rings (SSSR count). The maximum Gasteiger partial charge on any atom is 0.267 e. The van der Waals surface area contributed by atoms with Gasteiger partial charge >= 0.3 is 0 Å². The predicted molar refractivity (Wildman–Crippen MR) is 123 cm³/mol. The molecule has 1 aromatic heterocycles. The lowest BCUT2D eigenvalue weighted by atomic mass is 10.1. The first kappa shape index (κ1) is 21.3. The predicted octanol–water partition coefficient (Wildman–Crippen LogP) is 3.88. The maximum absolute atomic E-state index is 12.9. The number of hydrogen-bond donors (Lipinski definition) is 1. The number of thioether (sulfide) groups is 1. The molecule has 1 aliphatic heterocycles. The van der Waals surface area contributed by atoms with E-state index in [4.69, 9.17) is 0 Å². The Bertz CT molecular complexity index is 1260. The molecule has 9 heteroatoms. The van der Waals surface area contributed by atoms with Crippen molar-refractivity contribution in [1.82, 2.24) is 9.97 Å². The normalized spacial score (nSPS) is 14.0. The molecule has 1 N–H and O–H groups in total. The van der Waals surface area contributed by atoms with Gasteiger partial charge in [0.1, 0.15) is 4.90 Å². The molecule has 0 spiro atoms. The number of benzene rings is 2. The SMILES string of the molecule is CCc1ccc(NC(=O)CSc2ncc3c(n2)-c2cc(C)ccc2N(C)S3(=O)=O)cc1. The van der Waals surface area contributed by atoms with E-state index in [9.17, 15) is 13.2 Å². The van der Waals surface area contributed by atoms with Crippen LogP contribution in [0.3, 0.4) is 0 Å². The Balaban J connectivity index is 1.55. The first-order valence-electron chi connectivity index (χ1n) is 9.78. The van der Waals surface area contributed by atoms with Crippen LogP contribution in [0.25, 0.3) is 11.3 Å². The largest absolute Gasteiger partial charge is 0.325 e. The highest BCUT2D eigenvalue weighted by Crippen LogP contribution is 2.41. The van der Waals surface area contributed by atoms with Crippen molar-refractivity contribution in [3.8, 4) is 11.3 Å². The summed E-state index contributed by atoms with van der Waals surface area (Å²) in [4.78, 5) is 21.1. The summed E-state index contributed by atoms with van der Waals surface area (Å²) >= 11 is 1.17. The van der Waals surface area contributed by atoms with E-state index in [2.05, 4.69) is 22.2 Å². The molecular weight excluding hydrogens is 432 g/mol. The molecule has 2 aromatic carbocycles. The van der Waals surface area contributed by atoms with Crippen LogP contribution in [0.4, 0.5) is 11.4 Å². The van der Waals surface area contributed by atoms with Gasteiger partial charge in [0.05, 0.1) is 23.3 Å². The van der Waals surface area contributed by atoms with Gasteiger partial charge in [0.25, 0.3) is 10.0 Å². The second kappa shape index (κ2) is 8.32. The molecule has 0 saturated carbocycles. The van der Waals surface area contributed by atoms with Crippen molar-refractivity contribution in [2.75, 3.05) is 22.4 Å². The molecule has 2 heterocycles. The Hall–Kier alpha value is -2.91. The van der Waals surface area contributed by atoms with E-state index in [0.29, 0.717) is 16.5 Å². The van der Waals surface area contributed by atoms with Crippen molar-refractivity contribution in [1.29, 1.82) is 0 Å². The van der Waals surface area contributed by atoms with Crippen molar-refractivity contribution < 1.29 is 13.2 Å². The standard InChI is InChI=1S/C22H22N4O3S2/c1-4-15-6-8-16(9-7-15)24-20(27)13-30-22-23-12-19-21(25-22)17-11-14(2)5-10-18(17)26(3)31(19,28)29/h5-12H,4,13H2,1-3H3,(H,24,27). The number of carbonyl (C=O) groups excluding carboxylic acids is 1. The number of amides is 1. The smallest absolute Gasteiger partial charge is 0.267 e. The first-order valence-corrected chi connectivity index (χ1v) is 12.2. The average molecular weight is 455 g/mol. The van der Waals surface area contributed by atoms with Crippen LogP contribution in [-0.4, -0.2) is 37.1 Å². The zero-order chi connectivity index (χ0) is 22.2. The lowest BCUT2D eigenvalue weighted by molar-refractivity contribution is -0.113. The number of nitrogens with zero attached hydrogens (tertiary/aromatic N) is 3. The Kier molecular flexibility index (Phi) is 5.72. The van der Waals surface area contributed by atoms with Gasteiger partial charge in [0.15, 0.2) is 5.16 Å². The summed E-state index contributed by atoms with van der Waals surface area (Å²) in [5, 5.41) is 3.20. The molecule has 0 bridgehead atoms. The summed E-state index contributed by atoms with van der Waals surface area (Å²) in [6.07, 6.45) is 2.26. The van der Waals surface area contributed by atoms with Crippen LogP contribution in [0.5, 0.6) is 0 Å². The van der Waals surface area contributed by atoms with Crippen LogP contribution in [0.15, 0.2) is 58.7 Å². The third-order valence-electron chi connectivity index (χ3n) is 5.10. The molecule has 0 atom stereocenters. The second-order valence-corrected chi connectivity index (χ2v) is 10.1. The number of anilines is 2. The molecule has 0 unspecified atom stereocenters. The van der Waals surface area contributed by atoms with Gasteiger partial charge in [-0.1, -0.05) is 42.4 Å². The van der Waals surface area contributed by atoms with Crippen molar-refractivity contribution in [2.45, 2.75) is 30.3 Å². The van der Waals surface area contributed by atoms with Gasteiger partial charge in [-0.2, -0.15) is 0 Å². The second-order valence-electron chi connectivity index (χ2n) is 7.25. The van der Waals surface area contributed by atoms with Gasteiger partial charge in [-0.05, 0) is 43.2 Å². The molecule has 3 aromatic rings. The molecule has 1 amide bonds. The van der Waals surface area contributed by atoms with Crippen LogP contribution < -0.4 is 9.62 Å². The van der Waals surface area contributed by atoms with Crippen molar-refractivity contribution in [3.05, 3.63) is 59.8 Å². The summed E-state index contributed by atoms with van der Waals surface area (Å²) < 4.78 is 27.0. The van der Waals surface area contributed by atoms with E-state index < -0.39 is 10.0 Å². The van der Waals surface area contributed by atoms with Gasteiger partial charge in [-0.3, -0.25) is 9.10 Å². The fourth-order valence-electron chi connectivity index (χ4n) is 3.35. The summed E-state index contributed by atoms with van der Waals surface area (Å²) in [6.45, 7) is 4.02. The Labute approximate surface area is 186 Å². The number of aromatic nitrogens is 2. The summed E-state index contributed by atoms with van der Waals surface area (Å²) in [5.74, 6) is -0.0686. The number of carbonyl (C=O) groups is 1. The fraction of sp³-hybridized carbons (Fsp3) is 0.227. The van der Waals surface area contributed by atoms with Crippen LogP contribution in [0.2, 0.25) is 0 Å². The zero-order valence-corrected chi connectivity index (χ0v) is 19.0. The van der Waals surface area contributed by atoms with Gasteiger partial charge in [-0.25, -0.2) is 18.4 Å². The Morgan fingerprint density at radius 1 is 1.16 bits per heavy atom. The van der Waals surface area contributed by atoms with Gasteiger partial charge in [-0.15, -0.1) is 0 Å². The molecule has 31 heavy (non-hydrogen) atoms. The van der Waals surface area contributed by atoms with Crippen LogP contribution >= 0.6 is 11.8 Å². The molecule has 7 nitrogen and oxygen atoms in total. The van der Waals surface area contributed by atoms with E-state index >= 15 is 0 Å². The molecular formula is C22H22N4O3S2. The Morgan fingerprint density at radius 2 is 1.90 bits per heavy atom. The number of rotatable bonds is 5. The van der Waals surface area contributed by atoms with Crippen molar-refractivity contribution >= 4 is 39.1 Å². The molecule has 0 saturated heterocycles. The zero-order valence-electron chi connectivity index (χ0n) is 17.4. The number of hydrogen-bond acceptors (Lipinski definition) is 6. The summed E-state index contributed by atoms with van der Waals surface area (Å²) in [7, 11) is -2.20. The number of fused-ring (bicyclic) bond motifs is 3. The van der Waals surface area contributed by atoms with Crippen LogP contribution in [-0.2, 0) is 21.2 Å². The topological polar surface area (TPSA) is 92.3 Å². The number of aryl methyl sites for hydroxylation is 2. The van der Waals surface area contributed by atoms with E-state index in [1.54, 1.807) is 6.07 Å². The summed E-state index contributed by atoms with van der Waals surface area (Å²) in [5.41, 5.74) is 4.60. The van der Waals surface area contributed by atoms with Gasteiger partial charge in [0, 0.05) is 18.3 Å². The van der Waals surface area contributed by atoms with E-state index in [1.165, 1.54) is 34.9 Å². The highest BCUT2D eigenvalue weighted by molar-refractivity contribution is 7.99. The Morgan fingerprint density at radius 3 is 2.61 bits per heavy atom. The molecule has 0 aliphatic carbocycles. The summed E-state index contributed by atoms with van der Waals surface area (Å²) in [6, 6.07) is 13.3. The monoisotopic (exact) mass is 454 g/mol. The molecule has 0 radical (unpaired) electrons. The quantitative estimate of drug-likeness (QED) is 0.465. The number of nitrogens with one attached hydrogen (secondary N) is 1. The minimum atomic E-state index is -3.72. The highest BCUT2D eigenvalue weighted by atomic mass is 32.2. The minimum absolute atomic E-state index is 0.0675. The lowest BCUT2D eigenvalue weighted by Gasteiger charge is -2.28. The van der Waals surface area contributed by atoms with Crippen molar-refractivity contribution in [2.24, 2.45) is 0 Å². The third kappa shape index (κ3) is 4.15. The van der Waals surface area contributed by atoms with E-state index in [-0.39, 0.29) is 16.6 Å². The minimum Gasteiger partial charge on any atom is -0.325 e.